The number of hydrogen-bond donors (Lipinski definition) is 1. The summed E-state index contributed by atoms with van der Waals surface area (Å²) in [4.78, 5) is 0. The molecule has 0 aliphatic heterocycles. The third-order valence-electron chi connectivity index (χ3n) is 3.46. The highest BCUT2D eigenvalue weighted by Crippen LogP contribution is 2.23. The van der Waals surface area contributed by atoms with Crippen molar-refractivity contribution in [2.75, 3.05) is 6.61 Å². The zero-order valence-corrected chi connectivity index (χ0v) is 13.1. The minimum atomic E-state index is -0.0340. The van der Waals surface area contributed by atoms with Crippen LogP contribution >= 0.6 is 0 Å². The molecule has 0 heterocycles. The third kappa shape index (κ3) is 5.33. The lowest BCUT2D eigenvalue weighted by Gasteiger charge is -2.21. The van der Waals surface area contributed by atoms with E-state index in [-0.39, 0.29) is 11.5 Å². The molecule has 1 rings (SSSR count). The molecule has 2 unspecified atom stereocenters. The SMILES string of the molecule is CCCC(C)OCC(N)c1ccc(C(C)(C)C)cc1. The highest BCUT2D eigenvalue weighted by Gasteiger charge is 2.14. The average Bonchev–Trinajstić information content (AvgIpc) is 2.35. The lowest BCUT2D eigenvalue weighted by Crippen LogP contribution is -2.21. The van der Waals surface area contributed by atoms with Crippen molar-refractivity contribution in [2.24, 2.45) is 5.73 Å². The molecule has 0 radical (unpaired) electrons. The van der Waals surface area contributed by atoms with Crippen molar-refractivity contribution in [1.82, 2.24) is 0 Å². The largest absolute Gasteiger partial charge is 0.377 e. The van der Waals surface area contributed by atoms with Gasteiger partial charge in [-0.15, -0.1) is 0 Å². The van der Waals surface area contributed by atoms with Gasteiger partial charge < -0.3 is 10.5 Å². The number of nitrogens with two attached hydrogens (primary N) is 1. The van der Waals surface area contributed by atoms with Gasteiger partial charge in [0, 0.05) is 0 Å². The molecule has 0 saturated heterocycles. The van der Waals surface area contributed by atoms with Crippen molar-refractivity contribution in [1.29, 1.82) is 0 Å². The zero-order valence-electron chi connectivity index (χ0n) is 13.1. The van der Waals surface area contributed by atoms with Gasteiger partial charge in [-0.25, -0.2) is 0 Å². The molecule has 0 aliphatic rings. The summed E-state index contributed by atoms with van der Waals surface area (Å²) in [5.74, 6) is 0. The second-order valence-electron chi connectivity index (χ2n) is 6.41. The van der Waals surface area contributed by atoms with Crippen LogP contribution in [0.15, 0.2) is 24.3 Å². The summed E-state index contributed by atoms with van der Waals surface area (Å²) in [6.07, 6.45) is 2.54. The Kier molecular flexibility index (Phi) is 6.02. The Morgan fingerprint density at radius 2 is 1.74 bits per heavy atom. The highest BCUT2D eigenvalue weighted by atomic mass is 16.5. The summed E-state index contributed by atoms with van der Waals surface area (Å²) in [6.45, 7) is 11.5. The van der Waals surface area contributed by atoms with E-state index < -0.39 is 0 Å². The Morgan fingerprint density at radius 3 is 2.21 bits per heavy atom. The maximum Gasteiger partial charge on any atom is 0.0662 e. The normalized spacial score (nSPS) is 15.3. The van der Waals surface area contributed by atoms with Crippen LogP contribution in [0.4, 0.5) is 0 Å². The Bertz CT molecular complexity index is 364. The van der Waals surface area contributed by atoms with E-state index >= 15 is 0 Å². The third-order valence-corrected chi connectivity index (χ3v) is 3.46. The first-order valence-electron chi connectivity index (χ1n) is 7.32. The molecule has 0 spiro atoms. The maximum absolute atomic E-state index is 6.17. The Morgan fingerprint density at radius 1 is 1.16 bits per heavy atom. The molecular weight excluding hydrogens is 234 g/mol. The minimum absolute atomic E-state index is 0.0340. The molecule has 2 heteroatoms. The zero-order chi connectivity index (χ0) is 14.5. The number of rotatable bonds is 6. The highest BCUT2D eigenvalue weighted by molar-refractivity contribution is 5.29. The quantitative estimate of drug-likeness (QED) is 0.835. The average molecular weight is 263 g/mol. The molecule has 0 aliphatic carbocycles. The van der Waals surface area contributed by atoms with Gasteiger partial charge in [-0.2, -0.15) is 0 Å². The molecule has 0 fully saturated rings. The predicted molar refractivity (Wildman–Crippen MR) is 82.4 cm³/mol. The Labute approximate surface area is 118 Å². The summed E-state index contributed by atoms with van der Waals surface area (Å²) in [7, 11) is 0. The van der Waals surface area contributed by atoms with Crippen LogP contribution in [0.2, 0.25) is 0 Å². The van der Waals surface area contributed by atoms with Crippen LogP contribution in [0.3, 0.4) is 0 Å². The van der Waals surface area contributed by atoms with Crippen LogP contribution in [0, 0.1) is 0 Å². The van der Waals surface area contributed by atoms with E-state index in [0.29, 0.717) is 12.7 Å². The van der Waals surface area contributed by atoms with Gasteiger partial charge in [0.15, 0.2) is 0 Å². The van der Waals surface area contributed by atoms with Crippen LogP contribution in [-0.4, -0.2) is 12.7 Å². The predicted octanol–water partition coefficient (Wildman–Crippen LogP) is 4.19. The van der Waals surface area contributed by atoms with Gasteiger partial charge in [-0.1, -0.05) is 58.4 Å². The van der Waals surface area contributed by atoms with E-state index in [1.807, 2.05) is 0 Å². The van der Waals surface area contributed by atoms with Crippen LogP contribution in [-0.2, 0) is 10.2 Å². The van der Waals surface area contributed by atoms with Crippen molar-refractivity contribution >= 4 is 0 Å². The molecule has 2 nitrogen and oxygen atoms in total. The first-order valence-corrected chi connectivity index (χ1v) is 7.32. The van der Waals surface area contributed by atoms with E-state index in [1.54, 1.807) is 0 Å². The van der Waals surface area contributed by atoms with E-state index in [4.69, 9.17) is 10.5 Å². The fraction of sp³-hybridized carbons (Fsp3) is 0.647. The van der Waals surface area contributed by atoms with Crippen molar-refractivity contribution in [3.05, 3.63) is 35.4 Å². The summed E-state index contributed by atoms with van der Waals surface area (Å²) in [6, 6.07) is 8.56. The first kappa shape index (κ1) is 16.2. The topological polar surface area (TPSA) is 35.2 Å². The molecule has 0 amide bonds. The van der Waals surface area contributed by atoms with Crippen LogP contribution in [0.25, 0.3) is 0 Å². The monoisotopic (exact) mass is 263 g/mol. The van der Waals surface area contributed by atoms with Gasteiger partial charge >= 0.3 is 0 Å². The van der Waals surface area contributed by atoms with E-state index in [1.165, 1.54) is 5.56 Å². The molecule has 19 heavy (non-hydrogen) atoms. The first-order chi connectivity index (χ1) is 8.84. The van der Waals surface area contributed by atoms with E-state index in [0.717, 1.165) is 18.4 Å². The second-order valence-corrected chi connectivity index (χ2v) is 6.41. The molecule has 2 N–H and O–H groups in total. The second kappa shape index (κ2) is 7.06. The Hall–Kier alpha value is -0.860. The van der Waals surface area contributed by atoms with Crippen molar-refractivity contribution in [2.45, 2.75) is 65.0 Å². The minimum Gasteiger partial charge on any atom is -0.377 e. The fourth-order valence-corrected chi connectivity index (χ4v) is 2.08. The number of hydrogen-bond acceptors (Lipinski definition) is 2. The van der Waals surface area contributed by atoms with Crippen LogP contribution in [0.5, 0.6) is 0 Å². The molecule has 1 aromatic carbocycles. The summed E-state index contributed by atoms with van der Waals surface area (Å²) >= 11 is 0. The molecule has 108 valence electrons. The van der Waals surface area contributed by atoms with Gasteiger partial charge in [0.2, 0.25) is 0 Å². The standard InChI is InChI=1S/C17H29NO/c1-6-7-13(2)19-12-16(18)14-8-10-15(11-9-14)17(3,4)5/h8-11,13,16H,6-7,12,18H2,1-5H3. The van der Waals surface area contributed by atoms with Crippen LogP contribution in [0.1, 0.15) is 64.6 Å². The van der Waals surface area contributed by atoms with Crippen LogP contribution < -0.4 is 5.73 Å². The van der Waals surface area contributed by atoms with E-state index in [2.05, 4.69) is 58.9 Å². The Balaban J connectivity index is 2.56. The maximum atomic E-state index is 6.17. The summed E-state index contributed by atoms with van der Waals surface area (Å²) < 4.78 is 5.77. The van der Waals surface area contributed by atoms with E-state index in [9.17, 15) is 0 Å². The number of ether oxygens (including phenoxy) is 1. The smallest absolute Gasteiger partial charge is 0.0662 e. The van der Waals surface area contributed by atoms with Crippen molar-refractivity contribution < 1.29 is 4.74 Å². The molecule has 0 aromatic heterocycles. The van der Waals surface area contributed by atoms with Gasteiger partial charge in [-0.05, 0) is 29.9 Å². The molecule has 2 atom stereocenters. The lowest BCUT2D eigenvalue weighted by molar-refractivity contribution is 0.0503. The molecular formula is C17H29NO. The summed E-state index contributed by atoms with van der Waals surface area (Å²) in [5, 5.41) is 0. The van der Waals surface area contributed by atoms with Gasteiger partial charge in [0.1, 0.15) is 0 Å². The van der Waals surface area contributed by atoms with Crippen molar-refractivity contribution in [3.63, 3.8) is 0 Å². The van der Waals surface area contributed by atoms with Gasteiger partial charge in [-0.3, -0.25) is 0 Å². The fourth-order valence-electron chi connectivity index (χ4n) is 2.08. The molecule has 0 saturated carbocycles. The van der Waals surface area contributed by atoms with Gasteiger partial charge in [0.25, 0.3) is 0 Å². The van der Waals surface area contributed by atoms with Gasteiger partial charge in [0.05, 0.1) is 18.8 Å². The molecule has 1 aromatic rings. The van der Waals surface area contributed by atoms with Crippen molar-refractivity contribution in [3.8, 4) is 0 Å². The summed E-state index contributed by atoms with van der Waals surface area (Å²) in [5.41, 5.74) is 8.85. The lowest BCUT2D eigenvalue weighted by atomic mass is 9.86. The molecule has 0 bridgehead atoms. The number of benzene rings is 1.